The molecular weight excluding hydrogens is 517 g/mol. The van der Waals surface area contributed by atoms with Gasteiger partial charge >= 0.3 is 0 Å². The van der Waals surface area contributed by atoms with Gasteiger partial charge in [0.15, 0.2) is 0 Å². The number of aromatic amines is 1. The second-order valence-corrected chi connectivity index (χ2v) is 8.86. The molecule has 8 heteroatoms. The minimum atomic E-state index is -0.0206. The first-order valence-corrected chi connectivity index (χ1v) is 12.1. The molecule has 1 saturated carbocycles. The number of halogens is 1. The quantitative estimate of drug-likeness (QED) is 0.366. The van der Waals surface area contributed by atoms with Gasteiger partial charge in [-0.05, 0) is 43.5 Å². The van der Waals surface area contributed by atoms with Crippen LogP contribution in [0.25, 0.3) is 22.3 Å². The molecule has 0 bridgehead atoms. The molecule has 3 aromatic rings. The molecule has 0 aliphatic heterocycles. The van der Waals surface area contributed by atoms with Crippen molar-refractivity contribution in [3.63, 3.8) is 0 Å². The minimum absolute atomic E-state index is 0.0206. The molecule has 164 valence electrons. The molecule has 1 aromatic carbocycles. The number of pyridine rings is 1. The fraction of sp³-hybridized carbons (Fsp3) is 0.333. The predicted octanol–water partition coefficient (Wildman–Crippen LogP) is 3.84. The normalized spacial score (nSPS) is 17.8. The van der Waals surface area contributed by atoms with Crippen molar-refractivity contribution >= 4 is 45.4 Å². The van der Waals surface area contributed by atoms with E-state index in [1.165, 1.54) is 0 Å². The SMILES string of the molecule is CN(C(=O)c1ccc(-c2ccc3[nH]cc(CC#N)c3n2)cc1)[C@@H]1CC[C@H](NC(=O)CI)C1. The molecule has 0 spiro atoms. The van der Waals surface area contributed by atoms with Crippen molar-refractivity contribution in [2.45, 2.75) is 37.8 Å². The summed E-state index contributed by atoms with van der Waals surface area (Å²) in [5.41, 5.74) is 4.92. The number of hydrogen-bond acceptors (Lipinski definition) is 4. The highest BCUT2D eigenvalue weighted by Crippen LogP contribution is 2.26. The predicted molar refractivity (Wildman–Crippen MR) is 131 cm³/mol. The summed E-state index contributed by atoms with van der Waals surface area (Å²) in [5.74, 6) is 0.0276. The molecule has 2 aromatic heterocycles. The molecule has 1 aliphatic rings. The average molecular weight is 541 g/mol. The van der Waals surface area contributed by atoms with Crippen LogP contribution < -0.4 is 5.32 Å². The van der Waals surface area contributed by atoms with Gasteiger partial charge in [0.2, 0.25) is 5.91 Å². The number of carbonyl (C=O) groups is 2. The number of H-pyrrole nitrogens is 1. The first kappa shape index (κ1) is 22.3. The Morgan fingerprint density at radius 3 is 2.75 bits per heavy atom. The lowest BCUT2D eigenvalue weighted by atomic mass is 10.1. The summed E-state index contributed by atoms with van der Waals surface area (Å²) in [7, 11) is 1.83. The summed E-state index contributed by atoms with van der Waals surface area (Å²) in [4.78, 5) is 34.3. The third kappa shape index (κ3) is 4.63. The zero-order chi connectivity index (χ0) is 22.7. The minimum Gasteiger partial charge on any atom is -0.360 e. The molecule has 0 radical (unpaired) electrons. The Kier molecular flexibility index (Phi) is 6.74. The molecule has 2 amide bonds. The maximum atomic E-state index is 13.0. The van der Waals surface area contributed by atoms with Gasteiger partial charge in [-0.2, -0.15) is 5.26 Å². The van der Waals surface area contributed by atoms with Gasteiger partial charge in [0, 0.05) is 42.0 Å². The first-order valence-electron chi connectivity index (χ1n) is 10.6. The number of nitriles is 1. The van der Waals surface area contributed by atoms with Crippen LogP contribution in [0.5, 0.6) is 0 Å². The first-order chi connectivity index (χ1) is 15.5. The summed E-state index contributed by atoms with van der Waals surface area (Å²) >= 11 is 2.06. The van der Waals surface area contributed by atoms with Crippen LogP contribution in [0.1, 0.15) is 35.2 Å². The van der Waals surface area contributed by atoms with E-state index in [-0.39, 0.29) is 23.9 Å². The van der Waals surface area contributed by atoms with Crippen LogP contribution in [0.2, 0.25) is 0 Å². The summed E-state index contributed by atoms with van der Waals surface area (Å²) in [5, 5.41) is 12.0. The smallest absolute Gasteiger partial charge is 0.253 e. The van der Waals surface area contributed by atoms with Crippen molar-refractivity contribution in [1.82, 2.24) is 20.2 Å². The summed E-state index contributed by atoms with van der Waals surface area (Å²) < 4.78 is 0.450. The highest BCUT2D eigenvalue weighted by atomic mass is 127. The van der Waals surface area contributed by atoms with Crippen molar-refractivity contribution in [3.8, 4) is 17.3 Å². The van der Waals surface area contributed by atoms with E-state index in [9.17, 15) is 9.59 Å². The third-order valence-corrected chi connectivity index (χ3v) is 6.75. The number of benzene rings is 1. The summed E-state index contributed by atoms with van der Waals surface area (Å²) in [6.45, 7) is 0. The van der Waals surface area contributed by atoms with Crippen molar-refractivity contribution in [1.29, 1.82) is 5.26 Å². The van der Waals surface area contributed by atoms with Crippen molar-refractivity contribution < 1.29 is 9.59 Å². The number of aromatic nitrogens is 2. The van der Waals surface area contributed by atoms with E-state index in [0.29, 0.717) is 16.4 Å². The molecule has 2 heterocycles. The van der Waals surface area contributed by atoms with Crippen LogP contribution in [-0.2, 0) is 11.2 Å². The van der Waals surface area contributed by atoms with E-state index >= 15 is 0 Å². The number of rotatable bonds is 6. The Labute approximate surface area is 200 Å². The summed E-state index contributed by atoms with van der Waals surface area (Å²) in [6.07, 6.45) is 4.69. The van der Waals surface area contributed by atoms with E-state index in [0.717, 1.165) is 47.1 Å². The maximum Gasteiger partial charge on any atom is 0.253 e. The number of alkyl halides is 1. The van der Waals surface area contributed by atoms with Crippen LogP contribution >= 0.6 is 22.6 Å². The molecule has 2 N–H and O–H groups in total. The number of carbonyl (C=O) groups excluding carboxylic acids is 2. The third-order valence-electron chi connectivity index (χ3n) is 6.06. The molecule has 2 atom stereocenters. The molecule has 32 heavy (non-hydrogen) atoms. The lowest BCUT2D eigenvalue weighted by Crippen LogP contribution is -2.38. The van der Waals surface area contributed by atoms with Gasteiger partial charge in [-0.3, -0.25) is 9.59 Å². The average Bonchev–Trinajstić information content (AvgIpc) is 3.45. The van der Waals surface area contributed by atoms with Crippen LogP contribution in [0.15, 0.2) is 42.6 Å². The topological polar surface area (TPSA) is 102 Å². The van der Waals surface area contributed by atoms with Crippen LogP contribution in [0.4, 0.5) is 0 Å². The number of nitrogens with zero attached hydrogens (tertiary/aromatic N) is 3. The Hall–Kier alpha value is -2.93. The number of amides is 2. The van der Waals surface area contributed by atoms with Crippen LogP contribution in [0, 0.1) is 11.3 Å². The van der Waals surface area contributed by atoms with Crippen LogP contribution in [0.3, 0.4) is 0 Å². The highest BCUT2D eigenvalue weighted by Gasteiger charge is 2.31. The Balaban J connectivity index is 1.46. The second kappa shape index (κ2) is 9.69. The Morgan fingerprint density at radius 1 is 1.25 bits per heavy atom. The van der Waals surface area contributed by atoms with E-state index in [1.807, 2.05) is 49.6 Å². The van der Waals surface area contributed by atoms with Crippen molar-refractivity contribution in [3.05, 3.63) is 53.7 Å². The monoisotopic (exact) mass is 541 g/mol. The van der Waals surface area contributed by atoms with Crippen LogP contribution in [-0.4, -0.2) is 50.2 Å². The molecule has 4 rings (SSSR count). The highest BCUT2D eigenvalue weighted by molar-refractivity contribution is 14.1. The number of hydrogen-bond donors (Lipinski definition) is 2. The maximum absolute atomic E-state index is 13.0. The summed E-state index contributed by atoms with van der Waals surface area (Å²) in [6, 6.07) is 13.8. The second-order valence-electron chi connectivity index (χ2n) is 8.10. The zero-order valence-corrected chi connectivity index (χ0v) is 19.9. The number of fused-ring (bicyclic) bond motifs is 1. The standard InChI is InChI=1S/C24H24IN5O2/c1-30(19-7-6-18(12-19)28-22(31)13-25)24(32)16-4-2-15(3-5-16)20-8-9-21-23(29-20)17(10-11-26)14-27-21/h2-5,8-9,14,18-19,27H,6-7,10,12-13H2,1H3,(H,28,31)/t18-,19+/m0/s1. The lowest BCUT2D eigenvalue weighted by Gasteiger charge is -2.25. The lowest BCUT2D eigenvalue weighted by molar-refractivity contribution is -0.119. The zero-order valence-electron chi connectivity index (χ0n) is 17.8. The molecule has 7 nitrogen and oxygen atoms in total. The molecule has 0 saturated heterocycles. The fourth-order valence-electron chi connectivity index (χ4n) is 4.29. The van der Waals surface area contributed by atoms with Gasteiger partial charge in [-0.1, -0.05) is 34.7 Å². The van der Waals surface area contributed by atoms with Crippen molar-refractivity contribution in [2.24, 2.45) is 0 Å². The Morgan fingerprint density at radius 2 is 2.03 bits per heavy atom. The van der Waals surface area contributed by atoms with Gasteiger partial charge in [-0.15, -0.1) is 0 Å². The van der Waals surface area contributed by atoms with E-state index in [4.69, 9.17) is 10.2 Å². The van der Waals surface area contributed by atoms with Crippen molar-refractivity contribution in [2.75, 3.05) is 11.5 Å². The van der Waals surface area contributed by atoms with Gasteiger partial charge in [0.25, 0.3) is 5.91 Å². The molecule has 0 unspecified atom stereocenters. The van der Waals surface area contributed by atoms with E-state index in [1.54, 1.807) is 4.90 Å². The van der Waals surface area contributed by atoms with Gasteiger partial charge in [0.05, 0.1) is 33.6 Å². The van der Waals surface area contributed by atoms with Gasteiger partial charge in [-0.25, -0.2) is 4.98 Å². The fourth-order valence-corrected chi connectivity index (χ4v) is 4.51. The van der Waals surface area contributed by atoms with Gasteiger partial charge < -0.3 is 15.2 Å². The molecular formula is C24H24IN5O2. The number of nitrogens with one attached hydrogen (secondary N) is 2. The Bertz CT molecular complexity index is 1180. The largest absolute Gasteiger partial charge is 0.360 e. The molecule has 1 aliphatic carbocycles. The van der Waals surface area contributed by atoms with E-state index in [2.05, 4.69) is 39.0 Å². The molecule has 1 fully saturated rings. The van der Waals surface area contributed by atoms with E-state index < -0.39 is 0 Å². The van der Waals surface area contributed by atoms with Gasteiger partial charge in [0.1, 0.15) is 0 Å².